The Labute approximate surface area is 161 Å². The van der Waals surface area contributed by atoms with Gasteiger partial charge in [-0.1, -0.05) is 12.1 Å². The maximum atomic E-state index is 12.6. The molecule has 2 aliphatic heterocycles. The van der Waals surface area contributed by atoms with Crippen molar-refractivity contribution in [3.63, 3.8) is 0 Å². The van der Waals surface area contributed by atoms with Crippen LogP contribution in [-0.2, 0) is 15.1 Å². The number of ether oxygens (including phenoxy) is 3. The second-order valence-corrected chi connectivity index (χ2v) is 8.58. The van der Waals surface area contributed by atoms with Crippen molar-refractivity contribution >= 4 is 6.09 Å². The Morgan fingerprint density at radius 2 is 1.74 bits per heavy atom. The van der Waals surface area contributed by atoms with Crippen molar-refractivity contribution in [2.75, 3.05) is 20.3 Å². The smallest absolute Gasteiger partial charge is 0.410 e. The number of carbonyl (C=O) groups is 1. The van der Waals surface area contributed by atoms with E-state index < -0.39 is 11.2 Å². The molecule has 3 rings (SSSR count). The number of fused-ring (bicyclic) bond motifs is 2. The van der Waals surface area contributed by atoms with Crippen molar-refractivity contribution in [3.05, 3.63) is 29.8 Å². The normalized spacial score (nSPS) is 27.5. The Hall–Kier alpha value is -1.79. The number of methoxy groups -OCH3 is 1. The molecule has 0 spiro atoms. The van der Waals surface area contributed by atoms with E-state index in [4.69, 9.17) is 14.2 Å². The van der Waals surface area contributed by atoms with E-state index in [0.29, 0.717) is 26.1 Å². The lowest BCUT2D eigenvalue weighted by molar-refractivity contribution is -0.0624. The van der Waals surface area contributed by atoms with Crippen molar-refractivity contribution < 1.29 is 24.1 Å². The lowest BCUT2D eigenvalue weighted by Gasteiger charge is -2.44. The number of nitrogens with zero attached hydrogens (tertiary/aromatic N) is 1. The molecule has 0 radical (unpaired) electrons. The molecule has 0 aliphatic carbocycles. The summed E-state index contributed by atoms with van der Waals surface area (Å²) in [6, 6.07) is 7.63. The minimum Gasteiger partial charge on any atom is -0.491 e. The highest BCUT2D eigenvalue weighted by atomic mass is 16.6. The van der Waals surface area contributed by atoms with Gasteiger partial charge in [-0.05, 0) is 51.3 Å². The van der Waals surface area contributed by atoms with Crippen LogP contribution >= 0.6 is 0 Å². The number of hydrogen-bond acceptors (Lipinski definition) is 5. The average molecular weight is 377 g/mol. The lowest BCUT2D eigenvalue weighted by atomic mass is 9.80. The van der Waals surface area contributed by atoms with E-state index in [1.807, 2.05) is 49.9 Å². The topological polar surface area (TPSA) is 68.2 Å². The maximum absolute atomic E-state index is 12.6. The van der Waals surface area contributed by atoms with Crippen LogP contribution in [0.4, 0.5) is 4.79 Å². The zero-order chi connectivity index (χ0) is 19.7. The second kappa shape index (κ2) is 7.68. The van der Waals surface area contributed by atoms with E-state index in [0.717, 1.165) is 24.2 Å². The molecule has 2 bridgehead atoms. The highest BCUT2D eigenvalue weighted by Gasteiger charge is 2.51. The van der Waals surface area contributed by atoms with Crippen LogP contribution in [0, 0.1) is 0 Å². The SMILES string of the molecule is COCCOc1ccc(C2(O)CC3CCC(C2)N3C(=O)OC(C)(C)C)cc1. The summed E-state index contributed by atoms with van der Waals surface area (Å²) in [4.78, 5) is 14.4. The Balaban J connectivity index is 1.68. The molecular formula is C21H31NO5. The van der Waals surface area contributed by atoms with Crippen molar-refractivity contribution in [3.8, 4) is 5.75 Å². The summed E-state index contributed by atoms with van der Waals surface area (Å²) >= 11 is 0. The summed E-state index contributed by atoms with van der Waals surface area (Å²) in [5.41, 5.74) is -0.555. The van der Waals surface area contributed by atoms with Crippen LogP contribution in [0.3, 0.4) is 0 Å². The van der Waals surface area contributed by atoms with Gasteiger partial charge >= 0.3 is 6.09 Å². The predicted octanol–water partition coefficient (Wildman–Crippen LogP) is 3.46. The molecule has 1 N–H and O–H groups in total. The van der Waals surface area contributed by atoms with Crippen molar-refractivity contribution in [1.29, 1.82) is 0 Å². The van der Waals surface area contributed by atoms with E-state index in [2.05, 4.69) is 0 Å². The summed E-state index contributed by atoms with van der Waals surface area (Å²) in [5, 5.41) is 11.3. The van der Waals surface area contributed by atoms with E-state index in [-0.39, 0.29) is 18.2 Å². The maximum Gasteiger partial charge on any atom is 0.410 e. The molecule has 27 heavy (non-hydrogen) atoms. The van der Waals surface area contributed by atoms with Gasteiger partial charge in [0.1, 0.15) is 18.0 Å². The van der Waals surface area contributed by atoms with Gasteiger partial charge in [-0.2, -0.15) is 0 Å². The molecule has 0 saturated carbocycles. The fraction of sp³-hybridized carbons (Fsp3) is 0.667. The Bertz CT molecular complexity index is 638. The van der Waals surface area contributed by atoms with Crippen LogP contribution in [0.15, 0.2) is 24.3 Å². The zero-order valence-electron chi connectivity index (χ0n) is 16.7. The van der Waals surface area contributed by atoms with Crippen LogP contribution < -0.4 is 4.74 Å². The molecule has 2 saturated heterocycles. The summed E-state index contributed by atoms with van der Waals surface area (Å²) in [6.07, 6.45) is 2.62. The zero-order valence-corrected chi connectivity index (χ0v) is 16.7. The van der Waals surface area contributed by atoms with Crippen molar-refractivity contribution in [2.45, 2.75) is 69.7 Å². The third-order valence-electron chi connectivity index (χ3n) is 5.32. The lowest BCUT2D eigenvalue weighted by Crippen LogP contribution is -2.53. The standard InChI is InChI=1S/C21H31NO5/c1-20(2,3)27-19(23)22-16-7-8-17(22)14-21(24,13-16)15-5-9-18(10-6-15)26-12-11-25-4/h5-6,9-10,16-17,24H,7-8,11-14H2,1-4H3. The van der Waals surface area contributed by atoms with Gasteiger partial charge in [0, 0.05) is 32.0 Å². The highest BCUT2D eigenvalue weighted by Crippen LogP contribution is 2.46. The average Bonchev–Trinajstić information content (AvgIpc) is 2.87. The molecule has 150 valence electrons. The largest absolute Gasteiger partial charge is 0.491 e. The summed E-state index contributed by atoms with van der Waals surface area (Å²) in [6.45, 7) is 6.67. The molecule has 2 unspecified atom stereocenters. The van der Waals surface area contributed by atoms with E-state index >= 15 is 0 Å². The van der Waals surface area contributed by atoms with Crippen LogP contribution in [0.2, 0.25) is 0 Å². The third-order valence-corrected chi connectivity index (χ3v) is 5.32. The number of rotatable bonds is 5. The Kier molecular flexibility index (Phi) is 5.68. The molecule has 6 heteroatoms. The van der Waals surface area contributed by atoms with E-state index in [1.54, 1.807) is 7.11 Å². The molecule has 1 amide bonds. The number of hydrogen-bond donors (Lipinski definition) is 1. The minimum absolute atomic E-state index is 0.0150. The predicted molar refractivity (Wildman–Crippen MR) is 102 cm³/mol. The second-order valence-electron chi connectivity index (χ2n) is 8.58. The number of piperidine rings is 1. The molecule has 2 fully saturated rings. The third kappa shape index (κ3) is 4.55. The van der Waals surface area contributed by atoms with Gasteiger partial charge in [-0.25, -0.2) is 4.79 Å². The fourth-order valence-corrected chi connectivity index (χ4v) is 4.18. The van der Waals surface area contributed by atoms with Gasteiger partial charge in [-0.3, -0.25) is 0 Å². The molecule has 1 aromatic rings. The molecule has 0 aromatic heterocycles. The monoisotopic (exact) mass is 377 g/mol. The Morgan fingerprint density at radius 3 is 2.26 bits per heavy atom. The first kappa shape index (κ1) is 20.0. The quantitative estimate of drug-likeness (QED) is 0.796. The number of benzene rings is 1. The molecule has 2 aliphatic rings. The van der Waals surface area contributed by atoms with E-state index in [9.17, 15) is 9.90 Å². The first-order chi connectivity index (χ1) is 12.7. The molecule has 2 atom stereocenters. The van der Waals surface area contributed by atoms with Gasteiger partial charge in [0.05, 0.1) is 12.2 Å². The van der Waals surface area contributed by atoms with Gasteiger partial charge in [-0.15, -0.1) is 0 Å². The van der Waals surface area contributed by atoms with Gasteiger partial charge in [0.15, 0.2) is 0 Å². The first-order valence-electron chi connectivity index (χ1n) is 9.68. The van der Waals surface area contributed by atoms with Gasteiger partial charge < -0.3 is 24.2 Å². The molecule has 6 nitrogen and oxygen atoms in total. The fourth-order valence-electron chi connectivity index (χ4n) is 4.18. The highest BCUT2D eigenvalue weighted by molar-refractivity contribution is 5.69. The molecule has 1 aromatic carbocycles. The minimum atomic E-state index is -0.921. The summed E-state index contributed by atoms with van der Waals surface area (Å²) in [7, 11) is 1.64. The van der Waals surface area contributed by atoms with Crippen LogP contribution in [0.1, 0.15) is 52.0 Å². The van der Waals surface area contributed by atoms with Crippen LogP contribution in [0.5, 0.6) is 5.75 Å². The molecule has 2 heterocycles. The number of carbonyl (C=O) groups excluding carboxylic acids is 1. The summed E-state index contributed by atoms with van der Waals surface area (Å²) < 4.78 is 16.1. The Morgan fingerprint density at radius 1 is 1.15 bits per heavy atom. The number of amides is 1. The van der Waals surface area contributed by atoms with Crippen LogP contribution in [-0.4, -0.2) is 54.1 Å². The van der Waals surface area contributed by atoms with Gasteiger partial charge in [0.25, 0.3) is 0 Å². The summed E-state index contributed by atoms with van der Waals surface area (Å²) in [5.74, 6) is 0.758. The van der Waals surface area contributed by atoms with Crippen molar-refractivity contribution in [1.82, 2.24) is 4.90 Å². The number of aliphatic hydroxyl groups is 1. The molecular weight excluding hydrogens is 346 g/mol. The van der Waals surface area contributed by atoms with Crippen LogP contribution in [0.25, 0.3) is 0 Å². The van der Waals surface area contributed by atoms with E-state index in [1.165, 1.54) is 0 Å². The first-order valence-corrected chi connectivity index (χ1v) is 9.68. The van der Waals surface area contributed by atoms with Gasteiger partial charge in [0.2, 0.25) is 0 Å². The van der Waals surface area contributed by atoms with Crippen molar-refractivity contribution in [2.24, 2.45) is 0 Å².